The van der Waals surface area contributed by atoms with E-state index in [0.717, 1.165) is 11.1 Å². The Morgan fingerprint density at radius 2 is 1.92 bits per heavy atom. The van der Waals surface area contributed by atoms with Gasteiger partial charge in [-0.25, -0.2) is 0 Å². The SMILES string of the molecule is O=C(NC(CO)c1ccc(Cl)cc1)c1cc(-c2ccncc2)n[nH]1. The Bertz CT molecular complexity index is 818. The number of aromatic amines is 1. The zero-order valence-electron chi connectivity index (χ0n) is 12.6. The zero-order valence-corrected chi connectivity index (χ0v) is 13.4. The Kier molecular flexibility index (Phi) is 4.88. The number of rotatable bonds is 5. The quantitative estimate of drug-likeness (QED) is 0.664. The first-order valence-corrected chi connectivity index (χ1v) is 7.68. The van der Waals surface area contributed by atoms with Crippen molar-refractivity contribution in [2.75, 3.05) is 6.61 Å². The molecular weight excluding hydrogens is 328 g/mol. The van der Waals surface area contributed by atoms with Crippen LogP contribution in [0.25, 0.3) is 11.3 Å². The molecule has 3 N–H and O–H groups in total. The van der Waals surface area contributed by atoms with Crippen LogP contribution in [-0.2, 0) is 0 Å². The highest BCUT2D eigenvalue weighted by atomic mass is 35.5. The number of aromatic nitrogens is 3. The van der Waals surface area contributed by atoms with Gasteiger partial charge in [0.15, 0.2) is 0 Å². The van der Waals surface area contributed by atoms with Crippen LogP contribution >= 0.6 is 11.6 Å². The van der Waals surface area contributed by atoms with E-state index in [9.17, 15) is 9.90 Å². The molecule has 0 aliphatic rings. The minimum Gasteiger partial charge on any atom is -0.394 e. The molecule has 0 bridgehead atoms. The minimum absolute atomic E-state index is 0.223. The number of amides is 1. The largest absolute Gasteiger partial charge is 0.394 e. The maximum absolute atomic E-state index is 12.4. The number of carbonyl (C=O) groups is 1. The fourth-order valence-corrected chi connectivity index (χ4v) is 2.40. The fraction of sp³-hybridized carbons (Fsp3) is 0.118. The van der Waals surface area contributed by atoms with Crippen LogP contribution in [0.3, 0.4) is 0 Å². The number of H-pyrrole nitrogens is 1. The molecule has 2 aromatic heterocycles. The van der Waals surface area contributed by atoms with Crippen LogP contribution in [0, 0.1) is 0 Å². The molecule has 0 saturated heterocycles. The van der Waals surface area contributed by atoms with E-state index in [1.54, 1.807) is 42.7 Å². The third-order valence-electron chi connectivity index (χ3n) is 3.56. The lowest BCUT2D eigenvalue weighted by Gasteiger charge is -2.16. The molecule has 2 heterocycles. The predicted molar refractivity (Wildman–Crippen MR) is 90.6 cm³/mol. The van der Waals surface area contributed by atoms with Crippen LogP contribution in [-0.4, -0.2) is 32.8 Å². The van der Waals surface area contributed by atoms with Crippen LogP contribution in [0.1, 0.15) is 22.1 Å². The summed E-state index contributed by atoms with van der Waals surface area (Å²) in [6.45, 7) is -0.223. The lowest BCUT2D eigenvalue weighted by molar-refractivity contribution is 0.0911. The van der Waals surface area contributed by atoms with Gasteiger partial charge in [0.1, 0.15) is 5.69 Å². The molecule has 1 atom stereocenters. The van der Waals surface area contributed by atoms with E-state index in [1.807, 2.05) is 12.1 Å². The van der Waals surface area contributed by atoms with Crippen molar-refractivity contribution < 1.29 is 9.90 Å². The van der Waals surface area contributed by atoms with Crippen molar-refractivity contribution in [1.82, 2.24) is 20.5 Å². The third kappa shape index (κ3) is 3.61. The van der Waals surface area contributed by atoms with Gasteiger partial charge < -0.3 is 10.4 Å². The lowest BCUT2D eigenvalue weighted by Crippen LogP contribution is -2.31. The van der Waals surface area contributed by atoms with Crippen LogP contribution in [0.5, 0.6) is 0 Å². The summed E-state index contributed by atoms with van der Waals surface area (Å²) in [5.74, 6) is -0.350. The number of nitrogens with one attached hydrogen (secondary N) is 2. The van der Waals surface area contributed by atoms with E-state index >= 15 is 0 Å². The highest BCUT2D eigenvalue weighted by molar-refractivity contribution is 6.30. The second-order valence-electron chi connectivity index (χ2n) is 5.16. The van der Waals surface area contributed by atoms with E-state index in [4.69, 9.17) is 11.6 Å². The average Bonchev–Trinajstić information content (AvgIpc) is 3.11. The number of benzene rings is 1. The van der Waals surface area contributed by atoms with Gasteiger partial charge in [0.2, 0.25) is 0 Å². The summed E-state index contributed by atoms with van der Waals surface area (Å²) >= 11 is 5.85. The molecule has 24 heavy (non-hydrogen) atoms. The number of aliphatic hydroxyl groups excluding tert-OH is 1. The molecule has 1 amide bonds. The van der Waals surface area contributed by atoms with E-state index in [1.165, 1.54) is 0 Å². The van der Waals surface area contributed by atoms with Crippen molar-refractivity contribution in [3.8, 4) is 11.3 Å². The van der Waals surface area contributed by atoms with Crippen molar-refractivity contribution in [3.63, 3.8) is 0 Å². The minimum atomic E-state index is -0.526. The molecule has 0 fully saturated rings. The smallest absolute Gasteiger partial charge is 0.269 e. The molecule has 0 spiro atoms. The molecule has 0 radical (unpaired) electrons. The normalized spacial score (nSPS) is 11.9. The lowest BCUT2D eigenvalue weighted by atomic mass is 10.1. The van der Waals surface area contributed by atoms with Crippen molar-refractivity contribution in [3.05, 3.63) is 71.1 Å². The molecule has 0 aliphatic carbocycles. The maximum atomic E-state index is 12.4. The molecule has 3 rings (SSSR count). The number of carbonyl (C=O) groups excluding carboxylic acids is 1. The first-order chi connectivity index (χ1) is 11.7. The Labute approximate surface area is 143 Å². The van der Waals surface area contributed by atoms with Crippen molar-refractivity contribution in [2.45, 2.75) is 6.04 Å². The fourth-order valence-electron chi connectivity index (χ4n) is 2.27. The van der Waals surface area contributed by atoms with Gasteiger partial charge in [-0.3, -0.25) is 14.9 Å². The highest BCUT2D eigenvalue weighted by Gasteiger charge is 2.17. The maximum Gasteiger partial charge on any atom is 0.269 e. The number of hydrogen-bond donors (Lipinski definition) is 3. The van der Waals surface area contributed by atoms with Gasteiger partial charge >= 0.3 is 0 Å². The molecule has 6 nitrogen and oxygen atoms in total. The van der Waals surface area contributed by atoms with Gasteiger partial charge in [-0.15, -0.1) is 0 Å². The third-order valence-corrected chi connectivity index (χ3v) is 3.81. The second kappa shape index (κ2) is 7.25. The monoisotopic (exact) mass is 342 g/mol. The van der Waals surface area contributed by atoms with Crippen molar-refractivity contribution in [1.29, 1.82) is 0 Å². The Morgan fingerprint density at radius 3 is 2.58 bits per heavy atom. The molecule has 122 valence electrons. The molecule has 1 aromatic carbocycles. The summed E-state index contributed by atoms with van der Waals surface area (Å²) in [6, 6.07) is 11.7. The van der Waals surface area contributed by atoms with Gasteiger partial charge in [0, 0.05) is 23.0 Å². The number of halogens is 1. The van der Waals surface area contributed by atoms with Crippen LogP contribution in [0.4, 0.5) is 0 Å². The first-order valence-electron chi connectivity index (χ1n) is 7.30. The number of nitrogens with zero attached hydrogens (tertiary/aromatic N) is 2. The molecular formula is C17H15ClN4O2. The molecule has 0 aliphatic heterocycles. The van der Waals surface area contributed by atoms with Gasteiger partial charge in [0.25, 0.3) is 5.91 Å². The number of hydrogen-bond acceptors (Lipinski definition) is 4. The molecule has 0 saturated carbocycles. The van der Waals surface area contributed by atoms with Crippen molar-refractivity contribution >= 4 is 17.5 Å². The Hall–Kier alpha value is -2.70. The summed E-state index contributed by atoms with van der Waals surface area (Å²) in [7, 11) is 0. The van der Waals surface area contributed by atoms with E-state index in [-0.39, 0.29) is 12.5 Å². The Balaban J connectivity index is 1.74. The average molecular weight is 343 g/mol. The summed E-state index contributed by atoms with van der Waals surface area (Å²) in [5.41, 5.74) is 2.59. The summed E-state index contributed by atoms with van der Waals surface area (Å²) in [6.07, 6.45) is 3.32. The van der Waals surface area contributed by atoms with Gasteiger partial charge in [-0.2, -0.15) is 5.10 Å². The highest BCUT2D eigenvalue weighted by Crippen LogP contribution is 2.19. The van der Waals surface area contributed by atoms with Crippen molar-refractivity contribution in [2.24, 2.45) is 0 Å². The van der Waals surface area contributed by atoms with Gasteiger partial charge in [-0.1, -0.05) is 23.7 Å². The molecule has 3 aromatic rings. The summed E-state index contributed by atoms with van der Waals surface area (Å²) < 4.78 is 0. The van der Waals surface area contributed by atoms with Gasteiger partial charge in [0.05, 0.1) is 18.3 Å². The van der Waals surface area contributed by atoms with Crippen LogP contribution < -0.4 is 5.32 Å². The van der Waals surface area contributed by atoms with Crippen LogP contribution in [0.2, 0.25) is 5.02 Å². The molecule has 7 heteroatoms. The second-order valence-corrected chi connectivity index (χ2v) is 5.60. The van der Waals surface area contributed by atoms with E-state index in [2.05, 4.69) is 20.5 Å². The summed E-state index contributed by atoms with van der Waals surface area (Å²) in [5, 5.41) is 19.8. The van der Waals surface area contributed by atoms with Gasteiger partial charge in [-0.05, 0) is 35.9 Å². The standard InChI is InChI=1S/C17H15ClN4O2/c18-13-3-1-11(2-4-13)16(10-23)20-17(24)15-9-14(21-22-15)12-5-7-19-8-6-12/h1-9,16,23H,10H2,(H,20,24)(H,21,22). The predicted octanol–water partition coefficient (Wildman–Crippen LogP) is 2.59. The topological polar surface area (TPSA) is 90.9 Å². The first kappa shape index (κ1) is 16.2. The number of pyridine rings is 1. The Morgan fingerprint density at radius 1 is 1.21 bits per heavy atom. The van der Waals surface area contributed by atoms with E-state index in [0.29, 0.717) is 16.4 Å². The van der Waals surface area contributed by atoms with E-state index < -0.39 is 6.04 Å². The number of aliphatic hydroxyl groups is 1. The molecule has 1 unspecified atom stereocenters. The summed E-state index contributed by atoms with van der Waals surface area (Å²) in [4.78, 5) is 16.3. The van der Waals surface area contributed by atoms with Crippen LogP contribution in [0.15, 0.2) is 54.9 Å². The zero-order chi connectivity index (χ0) is 16.9.